The van der Waals surface area contributed by atoms with Crippen LogP contribution in [0.1, 0.15) is 19.3 Å². The molecule has 2 aromatic carbocycles. The molecule has 0 radical (unpaired) electrons. The van der Waals surface area contributed by atoms with Crippen LogP contribution in [0.25, 0.3) is 0 Å². The average molecular weight is 327 g/mol. The molecule has 2 aromatic rings. The Morgan fingerprint density at radius 2 is 1.67 bits per heavy atom. The number of benzene rings is 2. The molecule has 1 saturated heterocycles. The molecular weight excluding hydrogens is 306 g/mol. The van der Waals surface area contributed by atoms with E-state index in [2.05, 4.69) is 4.90 Å². The van der Waals surface area contributed by atoms with Crippen LogP contribution in [0.3, 0.4) is 0 Å². The summed E-state index contributed by atoms with van der Waals surface area (Å²) in [7, 11) is 1.63. The van der Waals surface area contributed by atoms with Crippen LogP contribution in [0.2, 0.25) is 0 Å². The largest absolute Gasteiger partial charge is 0.497 e. The molecule has 0 aliphatic carbocycles. The van der Waals surface area contributed by atoms with Gasteiger partial charge in [0.1, 0.15) is 17.2 Å². The molecule has 1 N–H and O–H groups in total. The zero-order valence-corrected chi connectivity index (χ0v) is 13.6. The summed E-state index contributed by atoms with van der Waals surface area (Å²) in [5, 5.41) is 9.03. The van der Waals surface area contributed by atoms with Crippen molar-refractivity contribution < 1.29 is 19.4 Å². The van der Waals surface area contributed by atoms with Crippen molar-refractivity contribution in [1.29, 1.82) is 0 Å². The first kappa shape index (κ1) is 16.2. The predicted octanol–water partition coefficient (Wildman–Crippen LogP) is 3.93. The lowest BCUT2D eigenvalue weighted by Crippen LogP contribution is -2.31. The Bertz CT molecular complexity index is 682. The lowest BCUT2D eigenvalue weighted by atomic mass is 10.1. The van der Waals surface area contributed by atoms with Crippen molar-refractivity contribution in [3.05, 3.63) is 48.5 Å². The number of hydrogen-bond donors (Lipinski definition) is 1. The first-order valence-electron chi connectivity index (χ1n) is 8.06. The SMILES string of the molecule is COc1ccc(Oc2ccc(N3CCC[C@H]3CC(=O)O)cc2)cc1. The maximum Gasteiger partial charge on any atom is 0.305 e. The molecule has 0 saturated carbocycles. The summed E-state index contributed by atoms with van der Waals surface area (Å²) >= 11 is 0. The van der Waals surface area contributed by atoms with Crippen LogP contribution in [0, 0.1) is 0 Å². The number of carboxylic acid groups (broad SMARTS) is 1. The van der Waals surface area contributed by atoms with Crippen molar-refractivity contribution in [2.24, 2.45) is 0 Å². The van der Waals surface area contributed by atoms with E-state index in [4.69, 9.17) is 14.6 Å². The molecule has 126 valence electrons. The Hall–Kier alpha value is -2.69. The van der Waals surface area contributed by atoms with Gasteiger partial charge in [-0.15, -0.1) is 0 Å². The molecule has 3 rings (SSSR count). The van der Waals surface area contributed by atoms with Gasteiger partial charge in [-0.25, -0.2) is 0 Å². The van der Waals surface area contributed by atoms with E-state index in [1.807, 2.05) is 48.5 Å². The number of ether oxygens (including phenoxy) is 2. The van der Waals surface area contributed by atoms with Gasteiger partial charge in [0.2, 0.25) is 0 Å². The monoisotopic (exact) mass is 327 g/mol. The fourth-order valence-electron chi connectivity index (χ4n) is 3.07. The zero-order valence-electron chi connectivity index (χ0n) is 13.6. The fraction of sp³-hybridized carbons (Fsp3) is 0.316. The molecule has 5 heteroatoms. The zero-order chi connectivity index (χ0) is 16.9. The van der Waals surface area contributed by atoms with Crippen LogP contribution in [0.15, 0.2) is 48.5 Å². The number of aliphatic carboxylic acids is 1. The quantitative estimate of drug-likeness (QED) is 0.871. The molecular formula is C19H21NO4. The van der Waals surface area contributed by atoms with Gasteiger partial charge in [0.15, 0.2) is 0 Å². The van der Waals surface area contributed by atoms with E-state index in [0.717, 1.165) is 42.3 Å². The number of nitrogens with zero attached hydrogens (tertiary/aromatic N) is 1. The number of methoxy groups -OCH3 is 1. The van der Waals surface area contributed by atoms with Gasteiger partial charge in [0, 0.05) is 18.3 Å². The van der Waals surface area contributed by atoms with Crippen molar-refractivity contribution in [3.8, 4) is 17.2 Å². The molecule has 1 aliphatic heterocycles. The molecule has 1 fully saturated rings. The van der Waals surface area contributed by atoms with Crippen molar-refractivity contribution in [2.75, 3.05) is 18.6 Å². The van der Waals surface area contributed by atoms with E-state index in [0.29, 0.717) is 0 Å². The van der Waals surface area contributed by atoms with Crippen LogP contribution < -0.4 is 14.4 Å². The Balaban J connectivity index is 1.67. The molecule has 5 nitrogen and oxygen atoms in total. The molecule has 1 atom stereocenters. The summed E-state index contributed by atoms with van der Waals surface area (Å²) in [6.07, 6.45) is 2.14. The lowest BCUT2D eigenvalue weighted by Gasteiger charge is -2.25. The molecule has 0 bridgehead atoms. The average Bonchev–Trinajstić information content (AvgIpc) is 3.03. The highest BCUT2D eigenvalue weighted by Crippen LogP contribution is 2.30. The molecule has 0 unspecified atom stereocenters. The molecule has 0 amide bonds. The van der Waals surface area contributed by atoms with Crippen LogP contribution >= 0.6 is 0 Å². The molecule has 0 aromatic heterocycles. The number of anilines is 1. The molecule has 1 heterocycles. The highest BCUT2D eigenvalue weighted by atomic mass is 16.5. The maximum absolute atomic E-state index is 11.0. The van der Waals surface area contributed by atoms with E-state index < -0.39 is 5.97 Å². The maximum atomic E-state index is 11.0. The van der Waals surface area contributed by atoms with Crippen LogP contribution in [-0.4, -0.2) is 30.8 Å². The normalized spacial score (nSPS) is 16.9. The van der Waals surface area contributed by atoms with Gasteiger partial charge in [-0.05, 0) is 61.4 Å². The van der Waals surface area contributed by atoms with Crippen LogP contribution in [0.4, 0.5) is 5.69 Å². The minimum atomic E-state index is -0.744. The first-order valence-corrected chi connectivity index (χ1v) is 8.06. The van der Waals surface area contributed by atoms with Crippen LogP contribution in [-0.2, 0) is 4.79 Å². The van der Waals surface area contributed by atoms with Crippen molar-refractivity contribution >= 4 is 11.7 Å². The second kappa shape index (κ2) is 7.25. The predicted molar refractivity (Wildman–Crippen MR) is 92.1 cm³/mol. The van der Waals surface area contributed by atoms with Gasteiger partial charge in [0.25, 0.3) is 0 Å². The lowest BCUT2D eigenvalue weighted by molar-refractivity contribution is -0.137. The van der Waals surface area contributed by atoms with Crippen LogP contribution in [0.5, 0.6) is 17.2 Å². The minimum absolute atomic E-state index is 0.0795. The standard InChI is InChI=1S/C19H21NO4/c1-23-16-8-10-18(11-9-16)24-17-6-4-14(5-7-17)20-12-2-3-15(20)13-19(21)22/h4-11,15H,2-3,12-13H2,1H3,(H,21,22)/t15-/m0/s1. The number of carbonyl (C=O) groups is 1. The first-order chi connectivity index (χ1) is 11.7. The van der Waals surface area contributed by atoms with E-state index in [1.54, 1.807) is 7.11 Å². The second-order valence-corrected chi connectivity index (χ2v) is 5.86. The summed E-state index contributed by atoms with van der Waals surface area (Å²) in [5.74, 6) is 1.54. The number of hydrogen-bond acceptors (Lipinski definition) is 4. The van der Waals surface area contributed by atoms with Gasteiger partial charge >= 0.3 is 5.97 Å². The molecule has 0 spiro atoms. The van der Waals surface area contributed by atoms with Gasteiger partial charge in [0.05, 0.1) is 13.5 Å². The minimum Gasteiger partial charge on any atom is -0.497 e. The third kappa shape index (κ3) is 3.79. The highest BCUT2D eigenvalue weighted by molar-refractivity contribution is 5.69. The van der Waals surface area contributed by atoms with E-state index in [-0.39, 0.29) is 12.5 Å². The Morgan fingerprint density at radius 1 is 1.08 bits per heavy atom. The molecule has 1 aliphatic rings. The summed E-state index contributed by atoms with van der Waals surface area (Å²) in [6, 6.07) is 15.3. The van der Waals surface area contributed by atoms with Crippen molar-refractivity contribution in [2.45, 2.75) is 25.3 Å². The van der Waals surface area contributed by atoms with Gasteiger partial charge in [-0.2, -0.15) is 0 Å². The van der Waals surface area contributed by atoms with E-state index in [1.165, 1.54) is 0 Å². The van der Waals surface area contributed by atoms with Gasteiger partial charge in [-0.3, -0.25) is 4.79 Å². The Labute approximate surface area is 141 Å². The Morgan fingerprint density at radius 3 is 2.25 bits per heavy atom. The van der Waals surface area contributed by atoms with E-state index >= 15 is 0 Å². The van der Waals surface area contributed by atoms with Crippen molar-refractivity contribution in [1.82, 2.24) is 0 Å². The molecule has 24 heavy (non-hydrogen) atoms. The number of carboxylic acids is 1. The van der Waals surface area contributed by atoms with E-state index in [9.17, 15) is 4.79 Å². The van der Waals surface area contributed by atoms with Gasteiger partial charge < -0.3 is 19.5 Å². The second-order valence-electron chi connectivity index (χ2n) is 5.86. The highest BCUT2D eigenvalue weighted by Gasteiger charge is 2.26. The number of rotatable bonds is 6. The summed E-state index contributed by atoms with van der Waals surface area (Å²) < 4.78 is 10.9. The smallest absolute Gasteiger partial charge is 0.305 e. The van der Waals surface area contributed by atoms with Crippen molar-refractivity contribution in [3.63, 3.8) is 0 Å². The third-order valence-electron chi connectivity index (χ3n) is 4.25. The summed E-state index contributed by atoms with van der Waals surface area (Å²) in [6.45, 7) is 0.899. The topological polar surface area (TPSA) is 59.0 Å². The summed E-state index contributed by atoms with van der Waals surface area (Å²) in [4.78, 5) is 13.2. The third-order valence-corrected chi connectivity index (χ3v) is 4.25. The summed E-state index contributed by atoms with van der Waals surface area (Å²) in [5.41, 5.74) is 1.04. The Kier molecular flexibility index (Phi) is 4.89. The van der Waals surface area contributed by atoms with Gasteiger partial charge in [-0.1, -0.05) is 0 Å². The fourth-order valence-corrected chi connectivity index (χ4v) is 3.07.